The van der Waals surface area contributed by atoms with Gasteiger partial charge in [0.2, 0.25) is 0 Å². The van der Waals surface area contributed by atoms with Gasteiger partial charge in [-0.05, 0) is 18.7 Å². The second-order valence-electron chi connectivity index (χ2n) is 3.43. The first-order valence-corrected chi connectivity index (χ1v) is 4.85. The fourth-order valence-corrected chi connectivity index (χ4v) is 1.65. The van der Waals surface area contributed by atoms with Gasteiger partial charge in [0.15, 0.2) is 0 Å². The molecular formula is C12H18N2WY-2. The average molecular weight is 463 g/mol. The summed E-state index contributed by atoms with van der Waals surface area (Å²) >= 11 is 0. The van der Waals surface area contributed by atoms with Crippen LogP contribution in [0, 0.1) is 7.43 Å². The molecule has 2 rings (SSSR count). The zero-order valence-corrected chi connectivity index (χ0v) is 15.6. The zero-order chi connectivity index (χ0) is 8.93. The third-order valence-corrected chi connectivity index (χ3v) is 2.40. The van der Waals surface area contributed by atoms with Crippen molar-refractivity contribution < 1.29 is 53.8 Å². The van der Waals surface area contributed by atoms with Gasteiger partial charge in [0.05, 0.1) is 0 Å². The first-order valence-electron chi connectivity index (χ1n) is 4.85. The molecule has 0 atom stereocenters. The van der Waals surface area contributed by atoms with Crippen LogP contribution in [0.1, 0.15) is 5.56 Å². The molecule has 1 aromatic carbocycles. The topological polar surface area (TPSA) is 17.3 Å². The van der Waals surface area contributed by atoms with Crippen LogP contribution in [-0.2, 0) is 60.3 Å². The van der Waals surface area contributed by atoms with Crippen molar-refractivity contribution in [1.82, 2.24) is 4.90 Å². The van der Waals surface area contributed by atoms with Crippen molar-refractivity contribution in [1.29, 1.82) is 0 Å². The summed E-state index contributed by atoms with van der Waals surface area (Å²) in [7, 11) is 0. The number of benzene rings is 1. The molecular weight excluding hydrogens is 445 g/mol. The Morgan fingerprint density at radius 2 is 1.62 bits per heavy atom. The molecule has 1 heterocycles. The Morgan fingerprint density at radius 3 is 2.19 bits per heavy atom. The van der Waals surface area contributed by atoms with Gasteiger partial charge in [-0.25, -0.2) is 0 Å². The summed E-state index contributed by atoms with van der Waals surface area (Å²) < 4.78 is 0. The second-order valence-corrected chi connectivity index (χ2v) is 3.43. The van der Waals surface area contributed by atoms with Crippen molar-refractivity contribution in [2.24, 2.45) is 0 Å². The van der Waals surface area contributed by atoms with Gasteiger partial charge < -0.3 is 17.6 Å². The Labute approximate surface area is 139 Å². The molecule has 1 saturated heterocycles. The second kappa shape index (κ2) is 11.0. The van der Waals surface area contributed by atoms with Crippen molar-refractivity contribution >= 4 is 0 Å². The maximum Gasteiger partial charge on any atom is 0.0232 e. The Bertz CT molecular complexity index is 250. The van der Waals surface area contributed by atoms with E-state index < -0.39 is 0 Å². The van der Waals surface area contributed by atoms with Crippen LogP contribution in [0.2, 0.25) is 0 Å². The Hall–Kier alpha value is 0.932. The summed E-state index contributed by atoms with van der Waals surface area (Å²) in [6.45, 7) is 5.33. The molecule has 0 aromatic heterocycles. The minimum Gasteiger partial charge on any atom is -0.660 e. The molecule has 0 bridgehead atoms. The van der Waals surface area contributed by atoms with Gasteiger partial charge in [0.1, 0.15) is 0 Å². The molecule has 1 aromatic rings. The molecule has 4 heteroatoms. The predicted octanol–water partition coefficient (Wildman–Crippen LogP) is 2.32. The molecule has 0 N–H and O–H groups in total. The van der Waals surface area contributed by atoms with Crippen LogP contribution in [0.3, 0.4) is 0 Å². The number of hydrogen-bond donors (Lipinski definition) is 0. The Morgan fingerprint density at radius 1 is 1.06 bits per heavy atom. The van der Waals surface area contributed by atoms with E-state index in [2.05, 4.69) is 40.5 Å². The summed E-state index contributed by atoms with van der Waals surface area (Å²) in [5, 5.41) is 4.33. The predicted molar refractivity (Wildman–Crippen MR) is 61.2 cm³/mol. The molecule has 1 aliphatic rings. The number of rotatable bonds is 2. The first kappa shape index (κ1) is 19.3. The third-order valence-electron chi connectivity index (χ3n) is 2.40. The zero-order valence-electron chi connectivity index (χ0n) is 9.80. The number of hydrogen-bond acceptors (Lipinski definition) is 1. The maximum atomic E-state index is 4.33. The van der Waals surface area contributed by atoms with Gasteiger partial charge in [-0.3, -0.25) is 0 Å². The van der Waals surface area contributed by atoms with Gasteiger partial charge in [-0.15, -0.1) is 13.1 Å². The van der Waals surface area contributed by atoms with Crippen LogP contribution in [0.25, 0.3) is 5.32 Å². The quantitative estimate of drug-likeness (QED) is 0.617. The molecule has 0 saturated carbocycles. The summed E-state index contributed by atoms with van der Waals surface area (Å²) in [5.41, 5.74) is 1.41. The summed E-state index contributed by atoms with van der Waals surface area (Å²) in [6.07, 6.45) is 0. The third kappa shape index (κ3) is 6.62. The van der Waals surface area contributed by atoms with Crippen LogP contribution < -0.4 is 0 Å². The molecule has 87 valence electrons. The monoisotopic (exact) mass is 463 g/mol. The SMILES string of the molecule is [CH3-].[W].[Y].c1ccc(CN2CC[N-]CC2)cc1. The standard InChI is InChI=1S/C11H15N2.CH3.W.Y/c1-2-4-11(5-3-1)10-13-8-6-12-7-9-13;;;/h1-5H,6-10H2;1H3;;/q2*-1;;. The smallest absolute Gasteiger partial charge is 0.0232 e. The fourth-order valence-electron chi connectivity index (χ4n) is 1.65. The molecule has 1 fully saturated rings. The van der Waals surface area contributed by atoms with Crippen LogP contribution in [-0.4, -0.2) is 31.1 Å². The van der Waals surface area contributed by atoms with Gasteiger partial charge in [0.25, 0.3) is 0 Å². The van der Waals surface area contributed by atoms with E-state index in [0.717, 1.165) is 32.7 Å². The van der Waals surface area contributed by atoms with Crippen molar-refractivity contribution in [3.63, 3.8) is 0 Å². The normalized spacial score (nSPS) is 15.2. The first-order chi connectivity index (χ1) is 6.45. The van der Waals surface area contributed by atoms with Crippen LogP contribution >= 0.6 is 0 Å². The molecule has 0 aliphatic carbocycles. The largest absolute Gasteiger partial charge is 0.660 e. The minimum atomic E-state index is 0. The van der Waals surface area contributed by atoms with E-state index in [1.54, 1.807) is 0 Å². The molecule has 16 heavy (non-hydrogen) atoms. The van der Waals surface area contributed by atoms with E-state index in [9.17, 15) is 0 Å². The van der Waals surface area contributed by atoms with Crippen LogP contribution in [0.15, 0.2) is 30.3 Å². The molecule has 0 unspecified atom stereocenters. The van der Waals surface area contributed by atoms with Crippen LogP contribution in [0.4, 0.5) is 0 Å². The van der Waals surface area contributed by atoms with Gasteiger partial charge in [0, 0.05) is 60.3 Å². The van der Waals surface area contributed by atoms with Crippen molar-refractivity contribution in [3.8, 4) is 0 Å². The van der Waals surface area contributed by atoms with E-state index in [1.807, 2.05) is 0 Å². The van der Waals surface area contributed by atoms with E-state index in [4.69, 9.17) is 0 Å². The summed E-state index contributed by atoms with van der Waals surface area (Å²) in [6, 6.07) is 10.6. The van der Waals surface area contributed by atoms with Crippen molar-refractivity contribution in [2.45, 2.75) is 6.54 Å². The van der Waals surface area contributed by atoms with E-state index in [0.29, 0.717) is 0 Å². The van der Waals surface area contributed by atoms with Crippen molar-refractivity contribution in [3.05, 3.63) is 48.6 Å². The minimum absolute atomic E-state index is 0. The Balaban J connectivity index is 0. The molecule has 0 amide bonds. The fraction of sp³-hybridized carbons (Fsp3) is 0.417. The summed E-state index contributed by atoms with van der Waals surface area (Å²) in [4.78, 5) is 2.46. The van der Waals surface area contributed by atoms with Crippen molar-refractivity contribution in [2.75, 3.05) is 26.2 Å². The number of nitrogens with zero attached hydrogens (tertiary/aromatic N) is 2. The average Bonchev–Trinajstić information content (AvgIpc) is 2.21. The van der Waals surface area contributed by atoms with Gasteiger partial charge in [-0.2, -0.15) is 0 Å². The molecule has 1 aliphatic heterocycles. The van der Waals surface area contributed by atoms with Gasteiger partial charge >= 0.3 is 0 Å². The van der Waals surface area contributed by atoms with Crippen LogP contribution in [0.5, 0.6) is 0 Å². The summed E-state index contributed by atoms with van der Waals surface area (Å²) in [5.74, 6) is 0. The maximum absolute atomic E-state index is 4.33. The van der Waals surface area contributed by atoms with E-state index >= 15 is 0 Å². The molecule has 0 spiro atoms. The molecule has 2 nitrogen and oxygen atoms in total. The van der Waals surface area contributed by atoms with E-state index in [-0.39, 0.29) is 61.2 Å². The van der Waals surface area contributed by atoms with E-state index in [1.165, 1.54) is 5.56 Å². The Kier molecular flexibility index (Phi) is 13.3. The molecule has 1 radical (unpaired) electrons. The van der Waals surface area contributed by atoms with Gasteiger partial charge in [-0.1, -0.05) is 30.3 Å². The number of piperazine rings is 1.